The maximum Gasteiger partial charge on any atom is 0.335 e. The van der Waals surface area contributed by atoms with Gasteiger partial charge < -0.3 is 20.1 Å². The summed E-state index contributed by atoms with van der Waals surface area (Å²) in [6, 6.07) is 4.39. The minimum Gasteiger partial charge on any atom is -0.481 e. The molecule has 6 heteroatoms. The molecule has 0 radical (unpaired) electrons. The summed E-state index contributed by atoms with van der Waals surface area (Å²) in [5, 5.41) is 8.86. The SMILES string of the molecule is CC(Oc1ccc(C(=O)O)cc1N)c1nccn1C. The van der Waals surface area contributed by atoms with E-state index in [2.05, 4.69) is 4.98 Å². The lowest BCUT2D eigenvalue weighted by molar-refractivity contribution is 0.0697. The molecule has 6 nitrogen and oxygen atoms in total. The van der Waals surface area contributed by atoms with E-state index in [0.717, 1.165) is 5.82 Å². The van der Waals surface area contributed by atoms with Gasteiger partial charge in [0.1, 0.15) is 11.6 Å². The Labute approximate surface area is 110 Å². The van der Waals surface area contributed by atoms with Gasteiger partial charge in [0.25, 0.3) is 0 Å². The fourth-order valence-electron chi connectivity index (χ4n) is 1.80. The van der Waals surface area contributed by atoms with Crippen LogP contribution in [0.1, 0.15) is 29.2 Å². The Morgan fingerprint density at radius 2 is 2.26 bits per heavy atom. The number of nitrogens with zero attached hydrogens (tertiary/aromatic N) is 2. The second-order valence-electron chi connectivity index (χ2n) is 4.21. The van der Waals surface area contributed by atoms with E-state index in [1.165, 1.54) is 12.1 Å². The van der Waals surface area contributed by atoms with E-state index in [4.69, 9.17) is 15.6 Å². The van der Waals surface area contributed by atoms with E-state index in [-0.39, 0.29) is 11.7 Å². The van der Waals surface area contributed by atoms with E-state index in [1.54, 1.807) is 12.3 Å². The molecule has 0 aliphatic carbocycles. The molecule has 0 aliphatic rings. The Kier molecular flexibility index (Phi) is 3.41. The number of hydrogen-bond acceptors (Lipinski definition) is 4. The largest absolute Gasteiger partial charge is 0.481 e. The fourth-order valence-corrected chi connectivity index (χ4v) is 1.80. The molecule has 19 heavy (non-hydrogen) atoms. The number of ether oxygens (including phenoxy) is 1. The molecule has 1 heterocycles. The van der Waals surface area contributed by atoms with Crippen molar-refractivity contribution >= 4 is 11.7 Å². The van der Waals surface area contributed by atoms with E-state index in [9.17, 15) is 4.79 Å². The number of benzene rings is 1. The van der Waals surface area contributed by atoms with Gasteiger partial charge in [-0.3, -0.25) is 0 Å². The van der Waals surface area contributed by atoms with Crippen molar-refractivity contribution in [3.05, 3.63) is 42.0 Å². The van der Waals surface area contributed by atoms with Crippen LogP contribution in [-0.4, -0.2) is 20.6 Å². The lowest BCUT2D eigenvalue weighted by Crippen LogP contribution is -2.10. The highest BCUT2D eigenvalue weighted by atomic mass is 16.5. The van der Waals surface area contributed by atoms with E-state index < -0.39 is 5.97 Å². The number of nitrogens with two attached hydrogens (primary N) is 1. The van der Waals surface area contributed by atoms with E-state index in [1.807, 2.05) is 24.7 Å². The highest BCUT2D eigenvalue weighted by molar-refractivity contribution is 5.89. The predicted molar refractivity (Wildman–Crippen MR) is 70.1 cm³/mol. The van der Waals surface area contributed by atoms with E-state index >= 15 is 0 Å². The lowest BCUT2D eigenvalue weighted by Gasteiger charge is -2.16. The minimum absolute atomic E-state index is 0.134. The molecule has 1 atom stereocenters. The molecular formula is C13H15N3O3. The Bertz CT molecular complexity index is 607. The maximum atomic E-state index is 10.8. The van der Waals surface area contributed by atoms with Crippen LogP contribution in [0.25, 0.3) is 0 Å². The number of carboxylic acids is 1. The number of nitrogen functional groups attached to an aromatic ring is 1. The Morgan fingerprint density at radius 1 is 1.53 bits per heavy atom. The first-order chi connectivity index (χ1) is 8.99. The zero-order valence-corrected chi connectivity index (χ0v) is 10.7. The summed E-state index contributed by atoms with van der Waals surface area (Å²) >= 11 is 0. The molecule has 0 aliphatic heterocycles. The summed E-state index contributed by atoms with van der Waals surface area (Å²) in [5.74, 6) is 0.192. The summed E-state index contributed by atoms with van der Waals surface area (Å²) in [6.07, 6.45) is 3.23. The highest BCUT2D eigenvalue weighted by Crippen LogP contribution is 2.27. The molecule has 100 valence electrons. The number of carbonyl (C=O) groups is 1. The Balaban J connectivity index is 2.20. The van der Waals surface area contributed by atoms with Crippen LogP contribution < -0.4 is 10.5 Å². The topological polar surface area (TPSA) is 90.4 Å². The van der Waals surface area contributed by atoms with Gasteiger partial charge in [0, 0.05) is 19.4 Å². The van der Waals surface area contributed by atoms with Gasteiger partial charge >= 0.3 is 5.97 Å². The second kappa shape index (κ2) is 5.01. The third-order valence-corrected chi connectivity index (χ3v) is 2.78. The van der Waals surface area contributed by atoms with Crippen molar-refractivity contribution in [3.63, 3.8) is 0 Å². The number of rotatable bonds is 4. The fraction of sp³-hybridized carbons (Fsp3) is 0.231. The summed E-state index contributed by atoms with van der Waals surface area (Å²) in [4.78, 5) is 15.0. The highest BCUT2D eigenvalue weighted by Gasteiger charge is 2.14. The standard InChI is InChI=1S/C13H15N3O3/c1-8(12-15-5-6-16(12)2)19-11-4-3-9(13(17)18)7-10(11)14/h3-8H,14H2,1-2H3,(H,17,18). The predicted octanol–water partition coefficient (Wildman–Crippen LogP) is 1.84. The summed E-state index contributed by atoms with van der Waals surface area (Å²) in [6.45, 7) is 1.85. The zero-order chi connectivity index (χ0) is 14.0. The Morgan fingerprint density at radius 3 is 2.79 bits per heavy atom. The molecule has 0 fully saturated rings. The molecule has 1 unspecified atom stereocenters. The first kappa shape index (κ1) is 12.9. The molecule has 1 aromatic heterocycles. The summed E-state index contributed by atoms with van der Waals surface area (Å²) < 4.78 is 7.56. The van der Waals surface area contributed by atoms with Crippen molar-refractivity contribution in [2.24, 2.45) is 7.05 Å². The minimum atomic E-state index is -1.02. The molecule has 0 saturated carbocycles. The molecule has 0 bridgehead atoms. The average molecular weight is 261 g/mol. The van der Waals surface area contributed by atoms with Crippen molar-refractivity contribution < 1.29 is 14.6 Å². The van der Waals surface area contributed by atoms with Gasteiger partial charge in [0.2, 0.25) is 0 Å². The monoisotopic (exact) mass is 261 g/mol. The third kappa shape index (κ3) is 2.67. The van der Waals surface area contributed by atoms with Crippen molar-refractivity contribution in [2.45, 2.75) is 13.0 Å². The van der Waals surface area contributed by atoms with Gasteiger partial charge in [-0.05, 0) is 25.1 Å². The summed E-state index contributed by atoms with van der Waals surface area (Å²) in [5.41, 5.74) is 6.21. The number of aryl methyl sites for hydroxylation is 1. The number of carboxylic acid groups (broad SMARTS) is 1. The second-order valence-corrected chi connectivity index (χ2v) is 4.21. The van der Waals surface area contributed by atoms with Gasteiger partial charge in [0.05, 0.1) is 11.3 Å². The van der Waals surface area contributed by atoms with Crippen LogP contribution in [0, 0.1) is 0 Å². The molecule has 3 N–H and O–H groups in total. The first-order valence-electron chi connectivity index (χ1n) is 5.75. The molecule has 1 aromatic carbocycles. The van der Waals surface area contributed by atoms with Crippen LogP contribution in [0.5, 0.6) is 5.75 Å². The number of hydrogen-bond donors (Lipinski definition) is 2. The van der Waals surface area contributed by atoms with Crippen LogP contribution in [0.15, 0.2) is 30.6 Å². The third-order valence-electron chi connectivity index (χ3n) is 2.78. The number of aromatic nitrogens is 2. The normalized spacial score (nSPS) is 12.1. The average Bonchev–Trinajstić information content (AvgIpc) is 2.77. The van der Waals surface area contributed by atoms with Crippen LogP contribution in [0.3, 0.4) is 0 Å². The first-order valence-corrected chi connectivity index (χ1v) is 5.75. The molecule has 0 amide bonds. The van der Waals surface area contributed by atoms with E-state index in [0.29, 0.717) is 11.4 Å². The van der Waals surface area contributed by atoms with Crippen molar-refractivity contribution in [1.29, 1.82) is 0 Å². The quantitative estimate of drug-likeness (QED) is 0.819. The number of imidazole rings is 1. The van der Waals surface area contributed by atoms with Crippen molar-refractivity contribution in [2.75, 3.05) is 5.73 Å². The molecule has 2 aromatic rings. The molecule has 2 rings (SSSR count). The zero-order valence-electron chi connectivity index (χ0n) is 10.7. The van der Waals surface area contributed by atoms with Crippen LogP contribution in [0.4, 0.5) is 5.69 Å². The number of anilines is 1. The molecule has 0 saturated heterocycles. The van der Waals surface area contributed by atoms with Crippen molar-refractivity contribution in [1.82, 2.24) is 9.55 Å². The Hall–Kier alpha value is -2.50. The van der Waals surface area contributed by atoms with Crippen LogP contribution >= 0.6 is 0 Å². The molecular weight excluding hydrogens is 246 g/mol. The van der Waals surface area contributed by atoms with Gasteiger partial charge in [0.15, 0.2) is 6.10 Å². The van der Waals surface area contributed by atoms with Gasteiger partial charge in [-0.15, -0.1) is 0 Å². The van der Waals surface area contributed by atoms with Gasteiger partial charge in [-0.2, -0.15) is 0 Å². The molecule has 0 spiro atoms. The maximum absolute atomic E-state index is 10.8. The van der Waals surface area contributed by atoms with Crippen LogP contribution in [0.2, 0.25) is 0 Å². The number of aromatic carboxylic acids is 1. The smallest absolute Gasteiger partial charge is 0.335 e. The lowest BCUT2D eigenvalue weighted by atomic mass is 10.2. The van der Waals surface area contributed by atoms with Crippen LogP contribution in [-0.2, 0) is 7.05 Å². The van der Waals surface area contributed by atoms with Gasteiger partial charge in [-0.1, -0.05) is 0 Å². The van der Waals surface area contributed by atoms with Crippen molar-refractivity contribution in [3.8, 4) is 5.75 Å². The van der Waals surface area contributed by atoms with Gasteiger partial charge in [-0.25, -0.2) is 9.78 Å². The summed E-state index contributed by atoms with van der Waals surface area (Å²) in [7, 11) is 1.87.